The molecule has 0 spiro atoms. The highest BCUT2D eigenvalue weighted by molar-refractivity contribution is 6.07. The van der Waals surface area contributed by atoms with Gasteiger partial charge in [0.05, 0.1) is 0 Å². The number of anilines is 1. The molecule has 3 rings (SSSR count). The number of rotatable bonds is 6. The van der Waals surface area contributed by atoms with Crippen LogP contribution >= 0.6 is 0 Å². The highest BCUT2D eigenvalue weighted by Gasteiger charge is 2.13. The molecule has 25 heavy (non-hydrogen) atoms. The summed E-state index contributed by atoms with van der Waals surface area (Å²) < 4.78 is 7.05. The van der Waals surface area contributed by atoms with E-state index in [1.807, 2.05) is 18.2 Å². The highest BCUT2D eigenvalue weighted by Crippen LogP contribution is 2.13. The van der Waals surface area contributed by atoms with Crippen LogP contribution in [0.2, 0.25) is 0 Å². The van der Waals surface area contributed by atoms with E-state index in [4.69, 9.17) is 4.74 Å². The minimum absolute atomic E-state index is 0.0854. The first-order valence-corrected chi connectivity index (χ1v) is 7.73. The SMILES string of the molecule is Cn1ccnc1C(=O)c1ccc(NC(=O)COc2ccccc2)cc1. The molecule has 1 amide bonds. The third-order valence-corrected chi connectivity index (χ3v) is 3.57. The molecule has 0 unspecified atom stereocenters. The summed E-state index contributed by atoms with van der Waals surface area (Å²) in [5, 5.41) is 2.73. The van der Waals surface area contributed by atoms with Crippen LogP contribution in [0.25, 0.3) is 0 Å². The minimum atomic E-state index is -0.271. The molecular weight excluding hydrogens is 318 g/mol. The number of imidazole rings is 1. The number of para-hydroxylation sites is 1. The van der Waals surface area contributed by atoms with E-state index in [0.717, 1.165) is 0 Å². The van der Waals surface area contributed by atoms with Gasteiger partial charge in [-0.3, -0.25) is 9.59 Å². The average Bonchev–Trinajstić information content (AvgIpc) is 3.07. The molecule has 0 aliphatic heterocycles. The summed E-state index contributed by atoms with van der Waals surface area (Å²) in [5.74, 6) is 0.562. The zero-order valence-electron chi connectivity index (χ0n) is 13.7. The summed E-state index contributed by atoms with van der Waals surface area (Å²) in [6.07, 6.45) is 3.29. The van der Waals surface area contributed by atoms with Gasteiger partial charge >= 0.3 is 0 Å². The van der Waals surface area contributed by atoms with E-state index in [9.17, 15) is 9.59 Å². The number of aryl methyl sites for hydroxylation is 1. The van der Waals surface area contributed by atoms with Crippen LogP contribution in [-0.2, 0) is 11.8 Å². The van der Waals surface area contributed by atoms with Crippen molar-refractivity contribution >= 4 is 17.4 Å². The zero-order chi connectivity index (χ0) is 17.6. The number of hydrogen-bond acceptors (Lipinski definition) is 4. The van der Waals surface area contributed by atoms with E-state index in [1.165, 1.54) is 0 Å². The van der Waals surface area contributed by atoms with Crippen LogP contribution in [-0.4, -0.2) is 27.8 Å². The summed E-state index contributed by atoms with van der Waals surface area (Å²) in [4.78, 5) is 28.3. The lowest BCUT2D eigenvalue weighted by Gasteiger charge is -2.08. The van der Waals surface area contributed by atoms with Gasteiger partial charge in [0.25, 0.3) is 5.91 Å². The Balaban J connectivity index is 1.58. The molecule has 126 valence electrons. The van der Waals surface area contributed by atoms with Gasteiger partial charge in [-0.15, -0.1) is 0 Å². The molecule has 3 aromatic rings. The van der Waals surface area contributed by atoms with Crippen molar-refractivity contribution in [3.8, 4) is 5.75 Å². The lowest BCUT2D eigenvalue weighted by atomic mass is 10.1. The van der Waals surface area contributed by atoms with Gasteiger partial charge in [0.1, 0.15) is 5.75 Å². The summed E-state index contributed by atoms with van der Waals surface area (Å²) in [6.45, 7) is -0.0854. The van der Waals surface area contributed by atoms with Gasteiger partial charge in [0.2, 0.25) is 5.78 Å². The first-order valence-electron chi connectivity index (χ1n) is 7.73. The van der Waals surface area contributed by atoms with Gasteiger partial charge in [0.15, 0.2) is 12.4 Å². The Kier molecular flexibility index (Phi) is 4.89. The second-order valence-electron chi connectivity index (χ2n) is 5.42. The largest absolute Gasteiger partial charge is 0.484 e. The molecular formula is C19H17N3O3. The number of aromatic nitrogens is 2. The molecule has 1 N–H and O–H groups in total. The van der Waals surface area contributed by atoms with Crippen LogP contribution in [0.3, 0.4) is 0 Å². The highest BCUT2D eigenvalue weighted by atomic mass is 16.5. The molecule has 0 saturated heterocycles. The van der Waals surface area contributed by atoms with Crippen molar-refractivity contribution in [1.29, 1.82) is 0 Å². The predicted octanol–water partition coefficient (Wildman–Crippen LogP) is 2.67. The van der Waals surface area contributed by atoms with Crippen LogP contribution in [0.5, 0.6) is 5.75 Å². The monoisotopic (exact) mass is 335 g/mol. The first-order chi connectivity index (χ1) is 12.1. The smallest absolute Gasteiger partial charge is 0.262 e. The molecule has 6 heteroatoms. The van der Waals surface area contributed by atoms with Crippen LogP contribution in [0, 0.1) is 0 Å². The average molecular weight is 335 g/mol. The maximum Gasteiger partial charge on any atom is 0.262 e. The standard InChI is InChI=1S/C19H17N3O3/c1-22-12-11-20-19(22)18(24)14-7-9-15(10-8-14)21-17(23)13-25-16-5-3-2-4-6-16/h2-12H,13H2,1H3,(H,21,23). The Morgan fingerprint density at radius 2 is 1.80 bits per heavy atom. The fourth-order valence-electron chi connectivity index (χ4n) is 2.28. The fraction of sp³-hybridized carbons (Fsp3) is 0.105. The molecule has 0 radical (unpaired) electrons. The number of hydrogen-bond donors (Lipinski definition) is 1. The van der Waals surface area contributed by atoms with Gasteiger partial charge in [-0.1, -0.05) is 18.2 Å². The van der Waals surface area contributed by atoms with Crippen molar-refractivity contribution in [1.82, 2.24) is 9.55 Å². The Bertz CT molecular complexity index is 870. The second kappa shape index (κ2) is 7.44. The van der Waals surface area contributed by atoms with Crippen molar-refractivity contribution in [2.24, 2.45) is 7.05 Å². The van der Waals surface area contributed by atoms with Crippen LogP contribution in [0.1, 0.15) is 16.2 Å². The van der Waals surface area contributed by atoms with Crippen LogP contribution in [0.15, 0.2) is 67.0 Å². The van der Waals surface area contributed by atoms with Gasteiger partial charge in [0, 0.05) is 30.7 Å². The Labute approximate surface area is 145 Å². The van der Waals surface area contributed by atoms with Crippen molar-refractivity contribution in [3.63, 3.8) is 0 Å². The fourth-order valence-corrected chi connectivity index (χ4v) is 2.28. The summed E-state index contributed by atoms with van der Waals surface area (Å²) in [5.41, 5.74) is 1.10. The molecule has 6 nitrogen and oxygen atoms in total. The lowest BCUT2D eigenvalue weighted by molar-refractivity contribution is -0.118. The van der Waals surface area contributed by atoms with Crippen LogP contribution in [0.4, 0.5) is 5.69 Å². The number of ether oxygens (including phenoxy) is 1. The molecule has 0 fully saturated rings. The number of ketones is 1. The maximum absolute atomic E-state index is 12.3. The molecule has 1 heterocycles. The summed E-state index contributed by atoms with van der Waals surface area (Å²) in [7, 11) is 1.77. The Hall–Kier alpha value is -3.41. The molecule has 0 aliphatic rings. The van der Waals surface area contributed by atoms with E-state index in [2.05, 4.69) is 10.3 Å². The number of carbonyl (C=O) groups excluding carboxylic acids is 2. The van der Waals surface area contributed by atoms with E-state index < -0.39 is 0 Å². The minimum Gasteiger partial charge on any atom is -0.484 e. The Morgan fingerprint density at radius 1 is 1.08 bits per heavy atom. The summed E-state index contributed by atoms with van der Waals surface area (Å²) in [6, 6.07) is 15.8. The number of nitrogens with one attached hydrogen (secondary N) is 1. The van der Waals surface area contributed by atoms with E-state index in [1.54, 1.807) is 60.4 Å². The number of amides is 1. The molecule has 0 saturated carbocycles. The van der Waals surface area contributed by atoms with Crippen LogP contribution < -0.4 is 10.1 Å². The van der Waals surface area contributed by atoms with Crippen molar-refractivity contribution in [2.45, 2.75) is 0 Å². The molecule has 0 aliphatic carbocycles. The van der Waals surface area contributed by atoms with E-state index >= 15 is 0 Å². The number of nitrogens with zero attached hydrogens (tertiary/aromatic N) is 2. The maximum atomic E-state index is 12.3. The van der Waals surface area contributed by atoms with Crippen molar-refractivity contribution in [2.75, 3.05) is 11.9 Å². The topological polar surface area (TPSA) is 73.2 Å². The Morgan fingerprint density at radius 3 is 2.44 bits per heavy atom. The van der Waals surface area contributed by atoms with E-state index in [0.29, 0.717) is 22.8 Å². The quantitative estimate of drug-likeness (QED) is 0.703. The number of carbonyl (C=O) groups is 2. The van der Waals surface area contributed by atoms with Gasteiger partial charge < -0.3 is 14.6 Å². The van der Waals surface area contributed by atoms with Crippen molar-refractivity contribution < 1.29 is 14.3 Å². The molecule has 1 aromatic heterocycles. The third-order valence-electron chi connectivity index (χ3n) is 3.57. The number of benzene rings is 2. The molecule has 2 aromatic carbocycles. The zero-order valence-corrected chi connectivity index (χ0v) is 13.7. The first kappa shape index (κ1) is 16.4. The van der Waals surface area contributed by atoms with Crippen molar-refractivity contribution in [3.05, 3.63) is 78.4 Å². The van der Waals surface area contributed by atoms with Gasteiger partial charge in [-0.05, 0) is 36.4 Å². The lowest BCUT2D eigenvalue weighted by Crippen LogP contribution is -2.20. The second-order valence-corrected chi connectivity index (χ2v) is 5.42. The summed E-state index contributed by atoms with van der Waals surface area (Å²) >= 11 is 0. The van der Waals surface area contributed by atoms with Gasteiger partial charge in [-0.25, -0.2) is 4.98 Å². The van der Waals surface area contributed by atoms with E-state index in [-0.39, 0.29) is 18.3 Å². The third kappa shape index (κ3) is 4.11. The predicted molar refractivity (Wildman–Crippen MR) is 93.6 cm³/mol. The molecule has 0 atom stereocenters. The van der Waals surface area contributed by atoms with Gasteiger partial charge in [-0.2, -0.15) is 0 Å². The molecule has 0 bridgehead atoms. The normalized spacial score (nSPS) is 10.3.